The molecule has 14 heavy (non-hydrogen) atoms. The maximum absolute atomic E-state index is 11.4. The second-order valence-corrected chi connectivity index (χ2v) is 2.64. The zero-order chi connectivity index (χ0) is 10.1. The Hall–Kier alpha value is -2.18. The van der Waals surface area contributed by atoms with E-state index in [0.29, 0.717) is 0 Å². The summed E-state index contributed by atoms with van der Waals surface area (Å²) in [5.41, 5.74) is -0.430. The number of aromatic nitrogens is 5. The summed E-state index contributed by atoms with van der Waals surface area (Å²) in [6.07, 6.45) is 2.42. The van der Waals surface area contributed by atoms with Crippen molar-refractivity contribution in [2.24, 2.45) is 7.05 Å². The first kappa shape index (κ1) is 8.42. The molecule has 0 spiro atoms. The van der Waals surface area contributed by atoms with Crippen molar-refractivity contribution in [1.29, 1.82) is 0 Å². The van der Waals surface area contributed by atoms with Crippen molar-refractivity contribution in [2.45, 2.75) is 0 Å². The highest BCUT2D eigenvalue weighted by atomic mass is 16.3. The number of rotatable bonds is 1. The molecule has 2 N–H and O–H groups in total. The molecule has 0 atom stereocenters. The van der Waals surface area contributed by atoms with Crippen LogP contribution in [0, 0.1) is 0 Å². The number of aromatic hydroxyl groups is 1. The second kappa shape index (κ2) is 2.95. The lowest BCUT2D eigenvalue weighted by Gasteiger charge is -1.99. The van der Waals surface area contributed by atoms with Crippen LogP contribution in [0.3, 0.4) is 0 Å². The quantitative estimate of drug-likeness (QED) is 0.622. The third-order valence-corrected chi connectivity index (χ3v) is 1.77. The van der Waals surface area contributed by atoms with Gasteiger partial charge in [0.1, 0.15) is 11.9 Å². The van der Waals surface area contributed by atoms with Crippen molar-refractivity contribution in [3.63, 3.8) is 0 Å². The van der Waals surface area contributed by atoms with Crippen molar-refractivity contribution in [3.8, 4) is 17.3 Å². The van der Waals surface area contributed by atoms with E-state index < -0.39 is 5.56 Å². The average Bonchev–Trinajstić information content (AvgIpc) is 2.52. The number of aryl methyl sites for hydroxylation is 1. The number of hydrogen-bond acceptors (Lipinski definition) is 5. The molecule has 2 rings (SSSR count). The molecule has 0 aliphatic carbocycles. The van der Waals surface area contributed by atoms with Crippen LogP contribution in [0.1, 0.15) is 0 Å². The molecule has 2 aromatic rings. The standard InChI is InChI=1S/C7H7N5O2/c1-12-5(8-3-11-12)4-6(13)9-2-10-7(4)14/h2-3H,1H3,(H2,9,10,13,14). The Bertz CT molecular complexity index is 515. The molecule has 0 fully saturated rings. The van der Waals surface area contributed by atoms with Gasteiger partial charge in [-0.3, -0.25) is 4.79 Å². The second-order valence-electron chi connectivity index (χ2n) is 2.64. The summed E-state index contributed by atoms with van der Waals surface area (Å²) in [5, 5.41) is 13.2. The Morgan fingerprint density at radius 1 is 1.50 bits per heavy atom. The van der Waals surface area contributed by atoms with Crippen LogP contribution in [0.4, 0.5) is 0 Å². The van der Waals surface area contributed by atoms with Gasteiger partial charge in [0, 0.05) is 7.05 Å². The number of nitrogens with zero attached hydrogens (tertiary/aromatic N) is 4. The van der Waals surface area contributed by atoms with Crippen LogP contribution in [-0.4, -0.2) is 29.8 Å². The molecule has 2 heterocycles. The molecular formula is C7H7N5O2. The maximum Gasteiger partial charge on any atom is 0.265 e. The molecule has 0 aliphatic heterocycles. The molecule has 0 saturated carbocycles. The fourth-order valence-corrected chi connectivity index (χ4v) is 1.11. The summed E-state index contributed by atoms with van der Waals surface area (Å²) < 4.78 is 1.38. The van der Waals surface area contributed by atoms with E-state index in [1.807, 2.05) is 0 Å². The van der Waals surface area contributed by atoms with Gasteiger partial charge in [0.15, 0.2) is 5.82 Å². The van der Waals surface area contributed by atoms with Gasteiger partial charge in [0.05, 0.1) is 6.33 Å². The van der Waals surface area contributed by atoms with Crippen LogP contribution in [0.2, 0.25) is 0 Å². The number of nitrogens with one attached hydrogen (secondary N) is 1. The minimum Gasteiger partial charge on any atom is -0.493 e. The summed E-state index contributed by atoms with van der Waals surface area (Å²) in [6.45, 7) is 0. The van der Waals surface area contributed by atoms with Crippen LogP contribution in [0.5, 0.6) is 5.88 Å². The van der Waals surface area contributed by atoms with Crippen molar-refractivity contribution in [2.75, 3.05) is 0 Å². The average molecular weight is 193 g/mol. The van der Waals surface area contributed by atoms with Crippen LogP contribution >= 0.6 is 0 Å². The van der Waals surface area contributed by atoms with Gasteiger partial charge in [-0.1, -0.05) is 0 Å². The largest absolute Gasteiger partial charge is 0.493 e. The maximum atomic E-state index is 11.4. The lowest BCUT2D eigenvalue weighted by atomic mass is 10.3. The molecule has 0 unspecified atom stereocenters. The van der Waals surface area contributed by atoms with Crippen LogP contribution < -0.4 is 5.56 Å². The molecule has 2 aromatic heterocycles. The van der Waals surface area contributed by atoms with Crippen LogP contribution in [0.15, 0.2) is 17.4 Å². The van der Waals surface area contributed by atoms with Gasteiger partial charge in [-0.2, -0.15) is 5.10 Å². The first-order valence-corrected chi connectivity index (χ1v) is 3.81. The minimum atomic E-state index is -0.450. The van der Waals surface area contributed by atoms with Crippen molar-refractivity contribution >= 4 is 0 Å². The Morgan fingerprint density at radius 3 is 2.86 bits per heavy atom. The topological polar surface area (TPSA) is 96.7 Å². The highest BCUT2D eigenvalue weighted by Gasteiger charge is 2.14. The van der Waals surface area contributed by atoms with Gasteiger partial charge < -0.3 is 10.1 Å². The molecule has 0 saturated heterocycles. The van der Waals surface area contributed by atoms with Gasteiger partial charge in [-0.05, 0) is 0 Å². The Labute approximate surface area is 78.1 Å². The fourth-order valence-electron chi connectivity index (χ4n) is 1.11. The zero-order valence-corrected chi connectivity index (χ0v) is 7.30. The highest BCUT2D eigenvalue weighted by molar-refractivity contribution is 5.59. The Kier molecular flexibility index (Phi) is 1.77. The lowest BCUT2D eigenvalue weighted by Crippen LogP contribution is -2.12. The normalized spacial score (nSPS) is 10.4. The Balaban J connectivity index is 2.74. The monoisotopic (exact) mass is 193 g/mol. The molecule has 7 heteroatoms. The molecule has 0 amide bonds. The molecule has 0 bridgehead atoms. The summed E-state index contributed by atoms with van der Waals surface area (Å²) in [6, 6.07) is 0. The fraction of sp³-hybridized carbons (Fsp3) is 0.143. The predicted octanol–water partition coefficient (Wildman–Crippen LogP) is -0.729. The Morgan fingerprint density at radius 2 is 2.29 bits per heavy atom. The van der Waals surface area contributed by atoms with Crippen molar-refractivity contribution < 1.29 is 5.11 Å². The summed E-state index contributed by atoms with van der Waals surface area (Å²) >= 11 is 0. The smallest absolute Gasteiger partial charge is 0.265 e. The van der Waals surface area contributed by atoms with Gasteiger partial charge in [0.25, 0.3) is 5.56 Å². The molecule has 0 aliphatic rings. The van der Waals surface area contributed by atoms with E-state index in [-0.39, 0.29) is 17.3 Å². The van der Waals surface area contributed by atoms with E-state index in [2.05, 4.69) is 20.1 Å². The molecule has 0 radical (unpaired) electrons. The van der Waals surface area contributed by atoms with E-state index in [0.717, 1.165) is 6.33 Å². The highest BCUT2D eigenvalue weighted by Crippen LogP contribution is 2.18. The summed E-state index contributed by atoms with van der Waals surface area (Å²) in [5.74, 6) is -0.0818. The zero-order valence-electron chi connectivity index (χ0n) is 7.30. The number of aromatic amines is 1. The van der Waals surface area contributed by atoms with E-state index >= 15 is 0 Å². The van der Waals surface area contributed by atoms with E-state index in [1.165, 1.54) is 11.0 Å². The molecule has 0 aromatic carbocycles. The van der Waals surface area contributed by atoms with Crippen molar-refractivity contribution in [1.82, 2.24) is 24.7 Å². The van der Waals surface area contributed by atoms with E-state index in [1.54, 1.807) is 7.05 Å². The first-order chi connectivity index (χ1) is 6.70. The first-order valence-electron chi connectivity index (χ1n) is 3.81. The van der Waals surface area contributed by atoms with E-state index in [4.69, 9.17) is 0 Å². The molecule has 7 nitrogen and oxygen atoms in total. The summed E-state index contributed by atoms with van der Waals surface area (Å²) in [4.78, 5) is 21.1. The SMILES string of the molecule is Cn1ncnc1-c1c(O)nc[nH]c1=O. The lowest BCUT2D eigenvalue weighted by molar-refractivity contribution is 0.452. The van der Waals surface area contributed by atoms with Crippen LogP contribution in [-0.2, 0) is 7.05 Å². The third-order valence-electron chi connectivity index (χ3n) is 1.77. The van der Waals surface area contributed by atoms with Crippen molar-refractivity contribution in [3.05, 3.63) is 23.0 Å². The van der Waals surface area contributed by atoms with E-state index in [9.17, 15) is 9.90 Å². The summed E-state index contributed by atoms with van der Waals surface area (Å²) in [7, 11) is 1.62. The van der Waals surface area contributed by atoms with Gasteiger partial charge in [-0.25, -0.2) is 14.6 Å². The third kappa shape index (κ3) is 1.15. The molecule has 72 valence electrons. The van der Waals surface area contributed by atoms with Gasteiger partial charge in [-0.15, -0.1) is 0 Å². The molecular weight excluding hydrogens is 186 g/mol. The number of hydrogen-bond donors (Lipinski definition) is 2. The van der Waals surface area contributed by atoms with Crippen LogP contribution in [0.25, 0.3) is 11.4 Å². The number of H-pyrrole nitrogens is 1. The van der Waals surface area contributed by atoms with Gasteiger partial charge >= 0.3 is 0 Å². The minimum absolute atomic E-state index is 0.0208. The predicted molar refractivity (Wildman–Crippen MR) is 46.5 cm³/mol. The van der Waals surface area contributed by atoms with Gasteiger partial charge in [0.2, 0.25) is 5.88 Å².